The van der Waals surface area contributed by atoms with Crippen molar-refractivity contribution in [1.29, 1.82) is 0 Å². The summed E-state index contributed by atoms with van der Waals surface area (Å²) in [6.07, 6.45) is 3.59. The second kappa shape index (κ2) is 5.80. The predicted octanol–water partition coefficient (Wildman–Crippen LogP) is 2.51. The van der Waals surface area contributed by atoms with Crippen molar-refractivity contribution in [3.8, 4) is 0 Å². The van der Waals surface area contributed by atoms with E-state index in [9.17, 15) is 14.4 Å². The van der Waals surface area contributed by atoms with E-state index in [0.717, 1.165) is 19.3 Å². The number of hydrogen-bond donors (Lipinski definition) is 1. The molecule has 1 N–H and O–H groups in total. The molecule has 23 heavy (non-hydrogen) atoms. The average molecular weight is 314 g/mol. The number of carbonyl (C=O) groups is 3. The lowest BCUT2D eigenvalue weighted by Gasteiger charge is -2.36. The Bertz CT molecular complexity index is 627. The molecule has 1 fully saturated rings. The molecule has 5 nitrogen and oxygen atoms in total. The minimum Gasteiger partial charge on any atom is -0.352 e. The smallest absolute Gasteiger partial charge is 0.262 e. The van der Waals surface area contributed by atoms with Gasteiger partial charge in [0.25, 0.3) is 11.8 Å². The Balaban J connectivity index is 1.98. The number of hydrogen-bond acceptors (Lipinski definition) is 3. The van der Waals surface area contributed by atoms with Gasteiger partial charge in [-0.2, -0.15) is 0 Å². The van der Waals surface area contributed by atoms with Crippen LogP contribution in [-0.2, 0) is 4.79 Å². The summed E-state index contributed by atoms with van der Waals surface area (Å²) in [6.45, 7) is 3.93. The maximum Gasteiger partial charge on any atom is 0.262 e. The molecule has 0 radical (unpaired) electrons. The van der Waals surface area contributed by atoms with E-state index in [1.807, 2.05) is 13.8 Å². The predicted molar refractivity (Wildman–Crippen MR) is 86.0 cm³/mol. The van der Waals surface area contributed by atoms with Gasteiger partial charge in [-0.25, -0.2) is 0 Å². The molecule has 0 bridgehead atoms. The fourth-order valence-corrected chi connectivity index (χ4v) is 3.55. The van der Waals surface area contributed by atoms with E-state index in [-0.39, 0.29) is 23.8 Å². The lowest BCUT2D eigenvalue weighted by Crippen LogP contribution is -2.60. The van der Waals surface area contributed by atoms with Crippen molar-refractivity contribution in [3.05, 3.63) is 35.4 Å². The molecule has 0 saturated heterocycles. The molecule has 1 aliphatic carbocycles. The Morgan fingerprint density at radius 2 is 1.70 bits per heavy atom. The number of fused-ring (bicyclic) bond motifs is 1. The van der Waals surface area contributed by atoms with E-state index in [1.165, 1.54) is 4.90 Å². The zero-order chi connectivity index (χ0) is 16.6. The molecule has 0 spiro atoms. The third-order valence-corrected chi connectivity index (χ3v) is 5.07. The number of amides is 3. The van der Waals surface area contributed by atoms with Crippen LogP contribution < -0.4 is 5.32 Å². The quantitative estimate of drug-likeness (QED) is 0.868. The molecule has 122 valence electrons. The van der Waals surface area contributed by atoms with Crippen LogP contribution in [0.2, 0.25) is 0 Å². The van der Waals surface area contributed by atoms with Gasteiger partial charge in [0.1, 0.15) is 5.54 Å². The van der Waals surface area contributed by atoms with Gasteiger partial charge in [0, 0.05) is 6.04 Å². The lowest BCUT2D eigenvalue weighted by atomic mass is 9.93. The van der Waals surface area contributed by atoms with Gasteiger partial charge in [-0.3, -0.25) is 19.3 Å². The number of rotatable bonds is 4. The van der Waals surface area contributed by atoms with Crippen molar-refractivity contribution in [2.24, 2.45) is 0 Å². The molecule has 1 aliphatic heterocycles. The summed E-state index contributed by atoms with van der Waals surface area (Å²) >= 11 is 0. The van der Waals surface area contributed by atoms with Gasteiger partial charge < -0.3 is 5.32 Å². The fourth-order valence-electron chi connectivity index (χ4n) is 3.55. The second-order valence-electron chi connectivity index (χ2n) is 6.51. The van der Waals surface area contributed by atoms with Gasteiger partial charge in [-0.05, 0) is 38.3 Å². The van der Waals surface area contributed by atoms with Gasteiger partial charge in [-0.1, -0.05) is 31.9 Å². The Morgan fingerprint density at radius 3 is 2.17 bits per heavy atom. The highest BCUT2D eigenvalue weighted by molar-refractivity contribution is 6.23. The topological polar surface area (TPSA) is 66.5 Å². The van der Waals surface area contributed by atoms with E-state index in [2.05, 4.69) is 5.32 Å². The van der Waals surface area contributed by atoms with Crippen molar-refractivity contribution >= 4 is 17.7 Å². The van der Waals surface area contributed by atoms with Crippen LogP contribution in [0, 0.1) is 0 Å². The van der Waals surface area contributed by atoms with Crippen LogP contribution in [0.5, 0.6) is 0 Å². The van der Waals surface area contributed by atoms with Crippen molar-refractivity contribution in [2.45, 2.75) is 57.5 Å². The van der Waals surface area contributed by atoms with E-state index < -0.39 is 5.54 Å². The molecule has 1 saturated carbocycles. The summed E-state index contributed by atoms with van der Waals surface area (Å²) in [6, 6.07) is 6.83. The normalized spacial score (nSPS) is 20.5. The van der Waals surface area contributed by atoms with Crippen LogP contribution >= 0.6 is 0 Å². The van der Waals surface area contributed by atoms with Crippen LogP contribution in [0.15, 0.2) is 24.3 Å². The molecule has 1 aromatic carbocycles. The monoisotopic (exact) mass is 314 g/mol. The summed E-state index contributed by atoms with van der Waals surface area (Å²) < 4.78 is 0. The Hall–Kier alpha value is -2.17. The molecule has 0 unspecified atom stereocenters. The van der Waals surface area contributed by atoms with Gasteiger partial charge in [-0.15, -0.1) is 0 Å². The molecule has 0 aromatic heterocycles. The molecule has 2 aliphatic rings. The van der Waals surface area contributed by atoms with E-state index in [0.29, 0.717) is 24.0 Å². The summed E-state index contributed by atoms with van der Waals surface area (Å²) in [5.74, 6) is -0.877. The number of carbonyl (C=O) groups excluding carboxylic acids is 3. The molecule has 3 rings (SSSR count). The maximum atomic E-state index is 12.9. The summed E-state index contributed by atoms with van der Waals surface area (Å²) in [4.78, 5) is 39.7. The minimum absolute atomic E-state index is 0.0233. The highest BCUT2D eigenvalue weighted by Gasteiger charge is 2.54. The summed E-state index contributed by atoms with van der Waals surface area (Å²) in [5.41, 5.74) is -0.225. The van der Waals surface area contributed by atoms with Crippen molar-refractivity contribution in [3.63, 3.8) is 0 Å². The fraction of sp³-hybridized carbons (Fsp3) is 0.500. The molecular formula is C18H22N2O3. The highest BCUT2D eigenvalue weighted by Crippen LogP contribution is 2.40. The molecule has 5 heteroatoms. The highest BCUT2D eigenvalue weighted by atomic mass is 16.2. The second-order valence-corrected chi connectivity index (χ2v) is 6.51. The summed E-state index contributed by atoms with van der Waals surface area (Å²) in [5, 5.41) is 2.97. The van der Waals surface area contributed by atoms with Gasteiger partial charge in [0.05, 0.1) is 11.1 Å². The van der Waals surface area contributed by atoms with Crippen LogP contribution in [0.4, 0.5) is 0 Å². The SMILES string of the molecule is CC[C@@H](C)NC(=O)C1(N2C(=O)c3ccccc3C2=O)CCCC1. The zero-order valence-corrected chi connectivity index (χ0v) is 13.6. The van der Waals surface area contributed by atoms with Crippen molar-refractivity contribution in [1.82, 2.24) is 10.2 Å². The van der Waals surface area contributed by atoms with E-state index >= 15 is 0 Å². The summed E-state index contributed by atoms with van der Waals surface area (Å²) in [7, 11) is 0. The van der Waals surface area contributed by atoms with E-state index in [4.69, 9.17) is 0 Å². The van der Waals surface area contributed by atoms with Gasteiger partial charge in [0.15, 0.2) is 0 Å². The Morgan fingerprint density at radius 1 is 1.17 bits per heavy atom. The van der Waals surface area contributed by atoms with Crippen LogP contribution in [0.3, 0.4) is 0 Å². The average Bonchev–Trinajstić information content (AvgIpc) is 3.13. The first-order chi connectivity index (χ1) is 11.0. The number of imide groups is 1. The molecule has 3 amide bonds. The first kappa shape index (κ1) is 15.7. The van der Waals surface area contributed by atoms with E-state index in [1.54, 1.807) is 24.3 Å². The molecule has 1 aromatic rings. The molecular weight excluding hydrogens is 292 g/mol. The van der Waals surface area contributed by atoms with Crippen molar-refractivity contribution < 1.29 is 14.4 Å². The zero-order valence-electron chi connectivity index (χ0n) is 13.6. The third kappa shape index (κ3) is 2.35. The Kier molecular flexibility index (Phi) is 3.96. The minimum atomic E-state index is -1.03. The van der Waals surface area contributed by atoms with Crippen LogP contribution in [0.1, 0.15) is 66.7 Å². The van der Waals surface area contributed by atoms with Crippen LogP contribution in [-0.4, -0.2) is 34.2 Å². The van der Waals surface area contributed by atoms with Gasteiger partial charge in [0.2, 0.25) is 5.91 Å². The van der Waals surface area contributed by atoms with Crippen molar-refractivity contribution in [2.75, 3.05) is 0 Å². The number of nitrogens with one attached hydrogen (secondary N) is 1. The van der Waals surface area contributed by atoms with Crippen LogP contribution in [0.25, 0.3) is 0 Å². The Labute approximate surface area is 136 Å². The molecule has 1 atom stereocenters. The molecule has 1 heterocycles. The lowest BCUT2D eigenvalue weighted by molar-refractivity contribution is -0.131. The third-order valence-electron chi connectivity index (χ3n) is 5.07. The maximum absolute atomic E-state index is 12.9. The number of nitrogens with zero attached hydrogens (tertiary/aromatic N) is 1. The van der Waals surface area contributed by atoms with Gasteiger partial charge >= 0.3 is 0 Å². The standard InChI is InChI=1S/C18H22N2O3/c1-3-12(2)19-17(23)18(10-6-7-11-18)20-15(21)13-8-4-5-9-14(13)16(20)22/h4-5,8-9,12H,3,6-7,10-11H2,1-2H3,(H,19,23)/t12-/m1/s1. The first-order valence-corrected chi connectivity index (χ1v) is 8.30. The number of benzene rings is 1. The first-order valence-electron chi connectivity index (χ1n) is 8.30. The largest absolute Gasteiger partial charge is 0.352 e.